The Morgan fingerprint density at radius 3 is 1.00 bits per heavy atom. The molecule has 19 nitrogen and oxygen atoms in total. The molecule has 128 heavy (non-hydrogen) atoms. The monoisotopic (exact) mass is 1770 g/mol. The lowest BCUT2D eigenvalue weighted by Gasteiger charge is -2.62. The van der Waals surface area contributed by atoms with Gasteiger partial charge < -0.3 is 43.8 Å². The number of hydrogen-bond donors (Lipinski definition) is 4. The van der Waals surface area contributed by atoms with E-state index in [2.05, 4.69) is 82.1 Å². The smallest absolute Gasteiger partial charge is 0.157 e. The molecule has 0 amide bonds. The highest BCUT2D eigenvalue weighted by Gasteiger charge is 2.68. The number of aryl methyl sites for hydroxylation is 3. The van der Waals surface area contributed by atoms with Gasteiger partial charge in [0.15, 0.2) is 23.1 Å². The van der Waals surface area contributed by atoms with Crippen molar-refractivity contribution in [1.82, 2.24) is 38.7 Å². The zero-order valence-corrected chi connectivity index (χ0v) is 82.0. The first-order chi connectivity index (χ1) is 60.6. The van der Waals surface area contributed by atoms with Crippen molar-refractivity contribution >= 4 is 28.9 Å². The van der Waals surface area contributed by atoms with Crippen molar-refractivity contribution in [3.63, 3.8) is 0 Å². The van der Waals surface area contributed by atoms with Gasteiger partial charge in [-0.1, -0.05) is 62.0 Å². The van der Waals surface area contributed by atoms with Gasteiger partial charge in [0.1, 0.15) is 5.76 Å². The molecule has 0 radical (unpaired) electrons. The van der Waals surface area contributed by atoms with E-state index < -0.39 is 22.4 Å². The zero-order chi connectivity index (χ0) is 91.1. The number of ketones is 4. The van der Waals surface area contributed by atoms with Gasteiger partial charge in [-0.2, -0.15) is 10.2 Å². The fraction of sp³-hybridized carbons (Fsp3) is 0.835. The minimum atomic E-state index is -0.634. The Morgan fingerprint density at radius 1 is 0.375 bits per heavy atom. The number of fused-ring (bicyclic) bond motifs is 20. The van der Waals surface area contributed by atoms with Crippen molar-refractivity contribution in [3.05, 3.63) is 78.9 Å². The van der Waals surface area contributed by atoms with Gasteiger partial charge in [0, 0.05) is 62.7 Å². The number of methoxy groups -OCH3 is 2. The van der Waals surface area contributed by atoms with Crippen LogP contribution in [0.4, 0.5) is 0 Å². The molecule has 16 saturated carbocycles. The summed E-state index contributed by atoms with van der Waals surface area (Å²) in [7, 11) is 3.41. The van der Waals surface area contributed by atoms with E-state index >= 15 is 0 Å². The molecule has 4 aromatic rings. The van der Waals surface area contributed by atoms with Crippen LogP contribution in [0.5, 0.6) is 0 Å². The summed E-state index contributed by atoms with van der Waals surface area (Å²) in [5.41, 5.74) is 3.73. The molecular weight excluding hydrogens is 1600 g/mol. The maximum absolute atomic E-state index is 13.6. The topological polar surface area (TPSA) is 248 Å². The molecule has 0 aliphatic heterocycles. The summed E-state index contributed by atoms with van der Waals surface area (Å²) >= 11 is 0. The first kappa shape index (κ1) is 94.6. The normalized spacial score (nSPS) is 45.7. The molecule has 0 aromatic carbocycles. The van der Waals surface area contributed by atoms with Crippen LogP contribution in [0.15, 0.2) is 56.4 Å². The molecule has 32 atom stereocenters. The second kappa shape index (κ2) is 35.5. The van der Waals surface area contributed by atoms with E-state index in [1.54, 1.807) is 37.8 Å². The molecule has 16 aliphatic carbocycles. The molecule has 0 unspecified atom stereocenters. The number of imidazole rings is 2. The first-order valence-corrected chi connectivity index (χ1v) is 51.9. The number of carbonyl (C=O) groups excluding carboxylic acids is 4. The third kappa shape index (κ3) is 17.2. The molecule has 0 bridgehead atoms. The first-order valence-electron chi connectivity index (χ1n) is 51.9. The predicted molar refractivity (Wildman–Crippen MR) is 500 cm³/mol. The molecule has 4 aromatic heterocycles. The highest BCUT2D eigenvalue weighted by atomic mass is 16.5. The fourth-order valence-corrected chi connectivity index (χ4v) is 36.1. The van der Waals surface area contributed by atoms with Crippen LogP contribution < -0.4 is 0 Å². The lowest BCUT2D eigenvalue weighted by molar-refractivity contribution is -0.164. The van der Waals surface area contributed by atoms with Gasteiger partial charge in [0.2, 0.25) is 0 Å². The number of aliphatic hydroxyl groups is 4. The Bertz CT molecular complexity index is 4510. The summed E-state index contributed by atoms with van der Waals surface area (Å²) < 4.78 is 23.8. The number of carbonyl (C=O) groups is 4. The van der Waals surface area contributed by atoms with Crippen LogP contribution in [0.25, 0.3) is 5.76 Å². The number of nitrogens with zero attached hydrogens (tertiary/aromatic N) is 8. The van der Waals surface area contributed by atoms with Gasteiger partial charge in [-0.15, -0.1) is 0 Å². The standard InChI is InChI=1S/C29H44N2O3.2C27H42N2O3.C26H40N2O2/c1-6-34-19(2)20-16-30-31(17-20)18-26(32)25-10-9-23-22-8-7-21-15-27(3,33)13-14-28(21,4)24(22)11-12-29(23,25)5;1-18-14-29(17-28-18)15-24(30)23-8-7-21-20-6-5-19-13-27(31,16-32-4)12-11-25(19,2)22(20)9-10-26(21,23)3;1-18-14-28-29(15-18)16-24(30)23-8-7-21-20-6-5-19-13-27(31,17-32-4)12-11-25(19,2)22(20)9-10-26(21,23)3;1-17-14-28(16-27-17)15-23(29)22-8-7-20-19-6-5-18-13-24(2,30)11-12-25(18,3)21(19)9-10-26(20,22)4/h16-17,21-25,33H,2,6-15,18H2,1,3-5H3;14,17,19-23,31H,5-13,15-16H2,1-4H3;14-15,19-23,31H,5-13,16-17H2,1-4H3;14,16,18-22,30H,5-13,15H2,1-4H3/t21-,22+,23+,24+,25-,27-,28+,29+;19-,20-,21-,22-,23-,25-,26-,27+;19-,20-,21-,22-,23+,25-,26-,27+;18-,19-,20-,21-,22+,24+,25-,26-/m1000/s1. The predicted octanol–water partition coefficient (Wildman–Crippen LogP) is 20.6. The van der Waals surface area contributed by atoms with E-state index in [-0.39, 0.29) is 45.3 Å². The number of aromatic nitrogens is 8. The van der Waals surface area contributed by atoms with E-state index in [0.29, 0.717) is 144 Å². The third-order valence-electron chi connectivity index (χ3n) is 42.8. The molecule has 4 heterocycles. The van der Waals surface area contributed by atoms with E-state index in [4.69, 9.17) is 14.2 Å². The molecule has 16 fully saturated rings. The molecule has 19 heteroatoms. The minimum Gasteiger partial charge on any atom is -0.494 e. The van der Waals surface area contributed by atoms with Gasteiger partial charge in [-0.05, 0) is 416 Å². The second-order valence-corrected chi connectivity index (χ2v) is 49.7. The van der Waals surface area contributed by atoms with Crippen LogP contribution in [-0.2, 0) is 59.6 Å². The highest BCUT2D eigenvalue weighted by Crippen LogP contribution is 2.74. The molecule has 20 rings (SSSR count). The number of ether oxygens (including phenoxy) is 3. The Labute approximate surface area is 768 Å². The van der Waals surface area contributed by atoms with Gasteiger partial charge in [0.05, 0.1) is 110 Å². The van der Waals surface area contributed by atoms with Crippen molar-refractivity contribution in [2.75, 3.05) is 34.0 Å². The molecular formula is C109H168N8O11. The Morgan fingerprint density at radius 2 is 0.688 bits per heavy atom. The van der Waals surface area contributed by atoms with E-state index in [1.165, 1.54) is 135 Å². The van der Waals surface area contributed by atoms with Crippen molar-refractivity contribution in [3.8, 4) is 0 Å². The maximum atomic E-state index is 13.6. The zero-order valence-electron chi connectivity index (χ0n) is 82.0. The summed E-state index contributed by atoms with van der Waals surface area (Å²) in [4.78, 5) is 62.2. The van der Waals surface area contributed by atoms with Crippen molar-refractivity contribution in [1.29, 1.82) is 0 Å². The van der Waals surface area contributed by atoms with Crippen molar-refractivity contribution in [2.45, 2.75) is 377 Å². The maximum Gasteiger partial charge on any atom is 0.157 e. The van der Waals surface area contributed by atoms with Crippen LogP contribution in [0.2, 0.25) is 0 Å². The van der Waals surface area contributed by atoms with E-state index in [1.807, 2.05) is 86.3 Å². The molecule has 16 aliphatic rings. The van der Waals surface area contributed by atoms with Crippen LogP contribution in [0.3, 0.4) is 0 Å². The average molecular weight is 1770 g/mol. The summed E-state index contributed by atoms with van der Waals surface area (Å²) in [6, 6.07) is 0. The largest absolute Gasteiger partial charge is 0.494 e. The van der Waals surface area contributed by atoms with Crippen molar-refractivity contribution in [2.24, 2.45) is 162 Å². The Balaban J connectivity index is 0.000000120. The Hall–Kier alpha value is -5.18. The number of Topliss-reactive ketones (excluding diaryl/α,β-unsaturated/α-hetero) is 4. The molecule has 4 N–H and O–H groups in total. The second-order valence-electron chi connectivity index (χ2n) is 49.7. The number of rotatable bonds is 19. The summed E-state index contributed by atoms with van der Waals surface area (Å²) in [5.74, 6) is 14.2. The Kier molecular flexibility index (Phi) is 26.2. The summed E-state index contributed by atoms with van der Waals surface area (Å²) in [6.07, 6.45) is 55.9. The molecule has 0 saturated heterocycles. The quantitative estimate of drug-likeness (QED) is 0.0637. The van der Waals surface area contributed by atoms with Crippen LogP contribution in [-0.4, -0.2) is 139 Å². The van der Waals surface area contributed by atoms with Gasteiger partial charge in [-0.25, -0.2) is 9.97 Å². The lowest BCUT2D eigenvalue weighted by Crippen LogP contribution is -2.56. The molecule has 710 valence electrons. The van der Waals surface area contributed by atoms with E-state index in [0.717, 1.165) is 166 Å². The highest BCUT2D eigenvalue weighted by molar-refractivity contribution is 5.84. The lowest BCUT2D eigenvalue weighted by atomic mass is 9.44. The minimum absolute atomic E-state index is 0.118. The van der Waals surface area contributed by atoms with Crippen molar-refractivity contribution < 1.29 is 53.8 Å². The summed E-state index contributed by atoms with van der Waals surface area (Å²) in [6.45, 7) is 39.1. The van der Waals surface area contributed by atoms with Gasteiger partial charge in [-0.3, -0.25) is 28.5 Å². The van der Waals surface area contributed by atoms with E-state index in [9.17, 15) is 39.6 Å². The molecule has 0 spiro atoms. The SMILES string of the molecule is C=C(OCC)c1cnn(CC(=O)[C@H]2CC[C@H]3[C@@H]4CC[C@@H]5C[C@](C)(O)CC[C@]5(C)[C@H]4CC[C@]23C)c1.COC[C@@]1(O)CC[C@@]2(C)[C@@H](CC[C@@H]3[C@@H]2CC[C@]2(C)[C@@H](C(=O)Cn4cc(C)cn4)CC[C@@H]32)C1.COC[C@@]1(O)CC[C@@]2(C)[C@@H](CC[C@@H]3[C@@H]2CC[C@]2(C)[C@H](C(=O)Cn4cnc(C)c4)CC[C@@H]32)C1.Cc1cn(CC(=O)[C@H]2CC[C@H]3[C@@H]4CC[C@H]5C[C@](C)(O)CC[C@]5(C)[C@H]4CC[C@]23C)cn1. The number of hydrogen-bond acceptors (Lipinski definition) is 15. The van der Waals surface area contributed by atoms with Gasteiger partial charge in [0.25, 0.3) is 0 Å². The van der Waals surface area contributed by atoms with Crippen LogP contribution >= 0.6 is 0 Å². The van der Waals surface area contributed by atoms with Crippen LogP contribution in [0, 0.1) is 182 Å². The average Bonchev–Trinajstić information content (AvgIpc) is 1.48. The fourth-order valence-electron chi connectivity index (χ4n) is 36.1. The van der Waals surface area contributed by atoms with Crippen LogP contribution in [0.1, 0.15) is 330 Å². The third-order valence-corrected chi connectivity index (χ3v) is 42.8. The van der Waals surface area contributed by atoms with Gasteiger partial charge >= 0.3 is 0 Å². The summed E-state index contributed by atoms with van der Waals surface area (Å²) in [5, 5.41) is 52.3.